The van der Waals surface area contributed by atoms with Crippen molar-refractivity contribution in [2.45, 2.75) is 27.7 Å². The van der Waals surface area contributed by atoms with Crippen molar-refractivity contribution >= 4 is 11.6 Å². The number of carbonyl (C=O) groups is 1. The number of anilines is 1. The van der Waals surface area contributed by atoms with Crippen LogP contribution in [0.25, 0.3) is 5.69 Å². The van der Waals surface area contributed by atoms with Crippen molar-refractivity contribution in [3.05, 3.63) is 70.5 Å². The van der Waals surface area contributed by atoms with E-state index >= 15 is 0 Å². The van der Waals surface area contributed by atoms with E-state index in [0.29, 0.717) is 11.4 Å². The van der Waals surface area contributed by atoms with Gasteiger partial charge in [-0.1, -0.05) is 35.9 Å². The van der Waals surface area contributed by atoms with Gasteiger partial charge in [0, 0.05) is 5.69 Å². The van der Waals surface area contributed by atoms with E-state index in [9.17, 15) is 4.79 Å². The molecule has 1 aromatic heterocycles. The average Bonchev–Trinajstić information content (AvgIpc) is 2.93. The molecule has 1 N–H and O–H groups in total. The van der Waals surface area contributed by atoms with E-state index in [1.165, 1.54) is 10.4 Å². The summed E-state index contributed by atoms with van der Waals surface area (Å²) >= 11 is 0. The number of nitrogens with zero attached hydrogens (tertiary/aromatic N) is 3. The maximum atomic E-state index is 12.6. The lowest BCUT2D eigenvalue weighted by atomic mass is 10.0. The van der Waals surface area contributed by atoms with Crippen LogP contribution in [0, 0.1) is 27.7 Å². The molecule has 0 atom stereocenters. The van der Waals surface area contributed by atoms with Crippen LogP contribution in [0.3, 0.4) is 0 Å². The third-order valence-corrected chi connectivity index (χ3v) is 3.90. The highest BCUT2D eigenvalue weighted by Crippen LogP contribution is 2.22. The first-order valence-corrected chi connectivity index (χ1v) is 7.84. The van der Waals surface area contributed by atoms with Crippen LogP contribution in [0.4, 0.5) is 5.69 Å². The number of hydrogen-bond acceptors (Lipinski definition) is 3. The van der Waals surface area contributed by atoms with Gasteiger partial charge in [-0.2, -0.15) is 9.90 Å². The highest BCUT2D eigenvalue weighted by Gasteiger charge is 2.18. The van der Waals surface area contributed by atoms with Crippen molar-refractivity contribution in [3.63, 3.8) is 0 Å². The fourth-order valence-electron chi connectivity index (χ4n) is 2.82. The summed E-state index contributed by atoms with van der Waals surface area (Å²) in [6.07, 6.45) is 0. The zero-order valence-electron chi connectivity index (χ0n) is 14.3. The van der Waals surface area contributed by atoms with Gasteiger partial charge >= 0.3 is 0 Å². The number of amides is 1. The molecule has 0 fully saturated rings. The second-order valence-electron chi connectivity index (χ2n) is 5.99. The standard InChI is InChI=1S/C19H20N4O/c1-12-10-13(2)17(14(3)11-12)20-19(24)18-15(4)21-23(22-18)16-8-6-5-7-9-16/h5-11H,1-4H3,(H,20,24). The minimum absolute atomic E-state index is 0.246. The first kappa shape index (κ1) is 15.9. The smallest absolute Gasteiger partial charge is 0.278 e. The fraction of sp³-hybridized carbons (Fsp3) is 0.211. The Morgan fingerprint density at radius 2 is 1.58 bits per heavy atom. The molecule has 24 heavy (non-hydrogen) atoms. The third kappa shape index (κ3) is 3.06. The molecule has 0 bridgehead atoms. The predicted octanol–water partition coefficient (Wildman–Crippen LogP) is 3.75. The number of carbonyl (C=O) groups excluding carboxylic acids is 1. The molecular formula is C19H20N4O. The molecule has 0 unspecified atom stereocenters. The molecule has 0 spiro atoms. The number of aryl methyl sites for hydroxylation is 4. The molecule has 122 valence electrons. The minimum atomic E-state index is -0.246. The van der Waals surface area contributed by atoms with Crippen LogP contribution in [0.1, 0.15) is 32.9 Å². The lowest BCUT2D eigenvalue weighted by molar-refractivity contribution is 0.102. The van der Waals surface area contributed by atoms with Crippen molar-refractivity contribution in [1.29, 1.82) is 0 Å². The molecule has 0 aliphatic carbocycles. The maximum absolute atomic E-state index is 12.6. The Bertz CT molecular complexity index is 874. The van der Waals surface area contributed by atoms with E-state index in [-0.39, 0.29) is 5.91 Å². The van der Waals surface area contributed by atoms with E-state index in [4.69, 9.17) is 0 Å². The van der Waals surface area contributed by atoms with Gasteiger partial charge in [0.15, 0.2) is 5.69 Å². The van der Waals surface area contributed by atoms with Gasteiger partial charge in [-0.15, -0.1) is 5.10 Å². The van der Waals surface area contributed by atoms with Crippen LogP contribution in [-0.2, 0) is 0 Å². The van der Waals surface area contributed by atoms with Crippen molar-refractivity contribution in [2.24, 2.45) is 0 Å². The molecule has 3 rings (SSSR count). The molecule has 1 heterocycles. The van der Waals surface area contributed by atoms with Crippen LogP contribution in [0.5, 0.6) is 0 Å². The molecular weight excluding hydrogens is 300 g/mol. The Labute approximate surface area is 141 Å². The second-order valence-corrected chi connectivity index (χ2v) is 5.99. The summed E-state index contributed by atoms with van der Waals surface area (Å²) in [5.41, 5.74) is 5.83. The zero-order chi connectivity index (χ0) is 17.3. The first-order valence-electron chi connectivity index (χ1n) is 7.84. The van der Waals surface area contributed by atoms with Gasteiger partial charge in [-0.25, -0.2) is 0 Å². The lowest BCUT2D eigenvalue weighted by Crippen LogP contribution is -2.16. The Morgan fingerprint density at radius 1 is 0.958 bits per heavy atom. The summed E-state index contributed by atoms with van der Waals surface area (Å²) in [5, 5.41) is 11.7. The molecule has 0 saturated carbocycles. The monoisotopic (exact) mass is 320 g/mol. The first-order chi connectivity index (χ1) is 11.5. The normalized spacial score (nSPS) is 10.7. The average molecular weight is 320 g/mol. The van der Waals surface area contributed by atoms with E-state index in [1.54, 1.807) is 6.92 Å². The molecule has 3 aromatic rings. The van der Waals surface area contributed by atoms with E-state index < -0.39 is 0 Å². The van der Waals surface area contributed by atoms with E-state index in [0.717, 1.165) is 22.5 Å². The third-order valence-electron chi connectivity index (χ3n) is 3.90. The number of para-hydroxylation sites is 1. The van der Waals surface area contributed by atoms with Crippen molar-refractivity contribution in [1.82, 2.24) is 15.0 Å². The van der Waals surface area contributed by atoms with Crippen molar-refractivity contribution < 1.29 is 4.79 Å². The predicted molar refractivity (Wildman–Crippen MR) is 94.7 cm³/mol. The summed E-state index contributed by atoms with van der Waals surface area (Å²) < 4.78 is 0. The van der Waals surface area contributed by atoms with E-state index in [2.05, 4.69) is 27.6 Å². The number of nitrogens with one attached hydrogen (secondary N) is 1. The van der Waals surface area contributed by atoms with Gasteiger partial charge in [0.1, 0.15) is 0 Å². The maximum Gasteiger partial charge on any atom is 0.278 e. The molecule has 1 amide bonds. The minimum Gasteiger partial charge on any atom is -0.320 e. The number of hydrogen-bond donors (Lipinski definition) is 1. The Kier molecular flexibility index (Phi) is 4.16. The van der Waals surface area contributed by atoms with Gasteiger partial charge in [-0.05, 0) is 51.0 Å². The summed E-state index contributed by atoms with van der Waals surface area (Å²) in [4.78, 5) is 14.1. The van der Waals surface area contributed by atoms with Gasteiger partial charge < -0.3 is 5.32 Å². The van der Waals surface area contributed by atoms with Crippen LogP contribution in [0.15, 0.2) is 42.5 Å². The summed E-state index contributed by atoms with van der Waals surface area (Å²) in [5.74, 6) is -0.246. The highest BCUT2D eigenvalue weighted by atomic mass is 16.2. The van der Waals surface area contributed by atoms with Crippen molar-refractivity contribution in [2.75, 3.05) is 5.32 Å². The fourth-order valence-corrected chi connectivity index (χ4v) is 2.82. The summed E-state index contributed by atoms with van der Waals surface area (Å²) in [6, 6.07) is 13.6. The van der Waals surface area contributed by atoms with Crippen LogP contribution in [0.2, 0.25) is 0 Å². The molecule has 0 aliphatic heterocycles. The van der Waals surface area contributed by atoms with Crippen LogP contribution < -0.4 is 5.32 Å². The van der Waals surface area contributed by atoms with Gasteiger partial charge in [0.05, 0.1) is 11.4 Å². The summed E-state index contributed by atoms with van der Waals surface area (Å²) in [6.45, 7) is 7.81. The van der Waals surface area contributed by atoms with Gasteiger partial charge in [-0.3, -0.25) is 4.79 Å². The SMILES string of the molecule is Cc1cc(C)c(NC(=O)c2nn(-c3ccccc3)nc2C)c(C)c1. The molecule has 5 nitrogen and oxygen atoms in total. The quantitative estimate of drug-likeness (QED) is 0.799. The number of aromatic nitrogens is 3. The molecule has 0 radical (unpaired) electrons. The van der Waals surface area contributed by atoms with Crippen LogP contribution >= 0.6 is 0 Å². The number of rotatable bonds is 3. The second kappa shape index (κ2) is 6.28. The lowest BCUT2D eigenvalue weighted by Gasteiger charge is -2.12. The summed E-state index contributed by atoms with van der Waals surface area (Å²) in [7, 11) is 0. The zero-order valence-corrected chi connectivity index (χ0v) is 14.3. The highest BCUT2D eigenvalue weighted by molar-refractivity contribution is 6.04. The largest absolute Gasteiger partial charge is 0.320 e. The Morgan fingerprint density at radius 3 is 2.21 bits per heavy atom. The Balaban J connectivity index is 1.90. The molecule has 5 heteroatoms. The number of benzene rings is 2. The molecule has 2 aromatic carbocycles. The van der Waals surface area contributed by atoms with Crippen molar-refractivity contribution in [3.8, 4) is 5.69 Å². The van der Waals surface area contributed by atoms with Gasteiger partial charge in [0.2, 0.25) is 0 Å². The van der Waals surface area contributed by atoms with E-state index in [1.807, 2.05) is 51.1 Å². The molecule has 0 saturated heterocycles. The molecule has 0 aliphatic rings. The Hall–Kier alpha value is -2.95. The topological polar surface area (TPSA) is 59.8 Å². The van der Waals surface area contributed by atoms with Gasteiger partial charge in [0.25, 0.3) is 5.91 Å². The van der Waals surface area contributed by atoms with Crippen LogP contribution in [-0.4, -0.2) is 20.9 Å².